The Morgan fingerprint density at radius 3 is 1.88 bits per heavy atom. The number of hydrogen-bond acceptors (Lipinski definition) is 4. The van der Waals surface area contributed by atoms with Crippen molar-refractivity contribution in [3.05, 3.63) is 58.9 Å². The van der Waals surface area contributed by atoms with Crippen LogP contribution in [-0.2, 0) is 4.79 Å². The van der Waals surface area contributed by atoms with Crippen LogP contribution in [0.5, 0.6) is 0 Å². The van der Waals surface area contributed by atoms with E-state index in [4.69, 9.17) is 23.2 Å². The molecule has 0 aromatic carbocycles. The van der Waals surface area contributed by atoms with Gasteiger partial charge in [0.2, 0.25) is 5.24 Å². The predicted octanol–water partition coefficient (Wildman–Crippen LogP) is 7.52. The van der Waals surface area contributed by atoms with E-state index in [2.05, 4.69) is 46.0 Å². The maximum atomic E-state index is 11.5. The number of nitrogens with zero attached hydrogens (tertiary/aromatic N) is 4. The first-order chi connectivity index (χ1) is 15.5. The van der Waals surface area contributed by atoms with E-state index in [0.29, 0.717) is 21.9 Å². The van der Waals surface area contributed by atoms with Crippen LogP contribution >= 0.6 is 34.8 Å². The van der Waals surface area contributed by atoms with E-state index in [9.17, 15) is 9.59 Å². The van der Waals surface area contributed by atoms with E-state index in [1.165, 1.54) is 6.92 Å². The van der Waals surface area contributed by atoms with Crippen molar-refractivity contribution in [3.8, 4) is 0 Å². The fourth-order valence-electron chi connectivity index (χ4n) is 3.35. The van der Waals surface area contributed by atoms with Crippen LogP contribution in [0.4, 0.5) is 0 Å². The van der Waals surface area contributed by atoms with Crippen molar-refractivity contribution in [3.63, 3.8) is 0 Å². The van der Waals surface area contributed by atoms with Crippen LogP contribution in [0.25, 0.3) is 21.8 Å². The molecular weight excluding hydrogens is 483 g/mol. The van der Waals surface area contributed by atoms with Gasteiger partial charge in [0.1, 0.15) is 0 Å². The van der Waals surface area contributed by atoms with Crippen LogP contribution in [0.2, 0.25) is 10.3 Å². The zero-order valence-electron chi connectivity index (χ0n) is 19.4. The van der Waals surface area contributed by atoms with E-state index >= 15 is 0 Å². The maximum Gasteiger partial charge on any atom is 0.218 e. The Hall–Kier alpha value is -2.41. The molecule has 0 aliphatic carbocycles. The number of carbonyl (C=O) groups excluding carboxylic acids is 2. The second-order valence-electron chi connectivity index (χ2n) is 7.92. The summed E-state index contributed by atoms with van der Waals surface area (Å²) in [6, 6.07) is 6.52. The molecule has 4 rings (SSSR count). The average molecular weight is 510 g/mol. The lowest BCUT2D eigenvalue weighted by Crippen LogP contribution is -1.99. The maximum absolute atomic E-state index is 11.5. The number of halogens is 3. The fourth-order valence-corrected chi connectivity index (χ4v) is 3.87. The van der Waals surface area contributed by atoms with E-state index in [-0.39, 0.29) is 17.1 Å². The van der Waals surface area contributed by atoms with Crippen molar-refractivity contribution < 1.29 is 9.59 Å². The van der Waals surface area contributed by atoms with Crippen LogP contribution in [0.15, 0.2) is 43.0 Å². The first-order valence-electron chi connectivity index (χ1n) is 10.4. The number of pyridine rings is 2. The molecule has 0 atom stereocenters. The molecule has 0 fully saturated rings. The molecular formula is C24H27Cl3N4O2. The molecule has 0 spiro atoms. The quantitative estimate of drug-likeness (QED) is 0.163. The molecule has 0 unspecified atom stereocenters. The van der Waals surface area contributed by atoms with E-state index in [0.717, 1.165) is 21.8 Å². The van der Waals surface area contributed by atoms with Crippen molar-refractivity contribution in [2.24, 2.45) is 0 Å². The smallest absolute Gasteiger partial charge is 0.218 e. The number of fused-ring (bicyclic) bond motifs is 2. The van der Waals surface area contributed by atoms with E-state index in [1.54, 1.807) is 19.3 Å². The van der Waals surface area contributed by atoms with Gasteiger partial charge in [0.05, 0.1) is 11.0 Å². The molecule has 6 nitrogen and oxygen atoms in total. The number of rotatable bonds is 3. The first kappa shape index (κ1) is 26.8. The molecule has 0 bridgehead atoms. The molecule has 0 N–H and O–H groups in total. The van der Waals surface area contributed by atoms with Crippen molar-refractivity contribution in [1.82, 2.24) is 19.1 Å². The number of ketones is 1. The zero-order valence-corrected chi connectivity index (χ0v) is 21.7. The molecule has 4 aromatic heterocycles. The van der Waals surface area contributed by atoms with Crippen LogP contribution in [0.3, 0.4) is 0 Å². The van der Waals surface area contributed by atoms with E-state index < -0.39 is 0 Å². The third-order valence-electron chi connectivity index (χ3n) is 4.77. The molecule has 0 saturated carbocycles. The molecule has 0 aliphatic rings. The van der Waals surface area contributed by atoms with Gasteiger partial charge in [0.25, 0.3) is 0 Å². The van der Waals surface area contributed by atoms with Crippen LogP contribution < -0.4 is 0 Å². The van der Waals surface area contributed by atoms with Gasteiger partial charge in [-0.3, -0.25) is 9.59 Å². The highest BCUT2D eigenvalue weighted by Gasteiger charge is 2.16. The molecule has 176 valence electrons. The minimum atomic E-state index is -0.361. The van der Waals surface area contributed by atoms with Gasteiger partial charge >= 0.3 is 0 Å². The minimum Gasteiger partial charge on any atom is -0.342 e. The summed E-state index contributed by atoms with van der Waals surface area (Å²) in [6.45, 7) is 11.2. The fraction of sp³-hybridized carbons (Fsp3) is 0.333. The zero-order chi connectivity index (χ0) is 24.9. The number of Topliss-reactive ketones (excluding diaryl/α,β-unsaturated/α-hetero) is 1. The van der Waals surface area contributed by atoms with Gasteiger partial charge in [-0.1, -0.05) is 23.2 Å². The molecule has 4 heterocycles. The largest absolute Gasteiger partial charge is 0.342 e. The predicted molar refractivity (Wildman–Crippen MR) is 137 cm³/mol. The van der Waals surface area contributed by atoms with Crippen molar-refractivity contribution in [2.45, 2.75) is 53.6 Å². The summed E-state index contributed by atoms with van der Waals surface area (Å²) < 4.78 is 4.12. The Balaban J connectivity index is 0.000000204. The average Bonchev–Trinajstić information content (AvgIpc) is 3.31. The number of carbonyl (C=O) groups is 2. The molecule has 0 amide bonds. The van der Waals surface area contributed by atoms with Crippen molar-refractivity contribution in [2.75, 3.05) is 0 Å². The summed E-state index contributed by atoms with van der Waals surface area (Å²) in [4.78, 5) is 28.9. The molecule has 4 aromatic rings. The summed E-state index contributed by atoms with van der Waals surface area (Å²) in [5.74, 6) is 0.0478. The highest BCUT2D eigenvalue weighted by atomic mass is 35.5. The van der Waals surface area contributed by atoms with E-state index in [1.807, 2.05) is 42.9 Å². The van der Waals surface area contributed by atoms with Gasteiger partial charge < -0.3 is 9.13 Å². The minimum absolute atomic E-state index is 0.0478. The third kappa shape index (κ3) is 6.56. The third-order valence-corrected chi connectivity index (χ3v) is 5.33. The second-order valence-corrected chi connectivity index (χ2v) is 9.17. The van der Waals surface area contributed by atoms with Crippen LogP contribution in [0.1, 0.15) is 64.0 Å². The van der Waals surface area contributed by atoms with Gasteiger partial charge in [-0.25, -0.2) is 9.97 Å². The highest BCUT2D eigenvalue weighted by molar-refractivity contribution is 6.62. The lowest BCUT2D eigenvalue weighted by Gasteiger charge is -2.09. The Labute approximate surface area is 208 Å². The monoisotopic (exact) mass is 508 g/mol. The normalized spacial score (nSPS) is 10.8. The first-order valence-corrected chi connectivity index (χ1v) is 11.5. The Kier molecular flexibility index (Phi) is 9.46. The molecule has 0 aliphatic heterocycles. The Morgan fingerprint density at radius 1 is 0.848 bits per heavy atom. The lowest BCUT2D eigenvalue weighted by atomic mass is 10.1. The van der Waals surface area contributed by atoms with Gasteiger partial charge in [-0.2, -0.15) is 0 Å². The molecule has 0 saturated heterocycles. The van der Waals surface area contributed by atoms with Gasteiger partial charge in [-0.15, -0.1) is 0 Å². The highest BCUT2D eigenvalue weighted by Crippen LogP contribution is 2.29. The van der Waals surface area contributed by atoms with Gasteiger partial charge in [0.15, 0.2) is 16.1 Å². The molecule has 0 radical (unpaired) electrons. The van der Waals surface area contributed by atoms with Gasteiger partial charge in [-0.05, 0) is 64.4 Å². The summed E-state index contributed by atoms with van der Waals surface area (Å²) in [7, 11) is 0. The SMILES string of the molecule is CC(=O)Cl.CC(=O)c1cn(C(C)C)c2c(Cl)nccc12.CC(C)n1ccc2ccnc(Cl)c21. The molecule has 33 heavy (non-hydrogen) atoms. The Morgan fingerprint density at radius 2 is 1.36 bits per heavy atom. The summed E-state index contributed by atoms with van der Waals surface area (Å²) in [5.41, 5.74) is 2.57. The summed E-state index contributed by atoms with van der Waals surface area (Å²) in [6.07, 6.45) is 7.26. The van der Waals surface area contributed by atoms with Gasteiger partial charge in [0, 0.05) is 60.1 Å². The number of aromatic nitrogens is 4. The second kappa shape index (κ2) is 11.6. The van der Waals surface area contributed by atoms with Crippen LogP contribution in [0, 0.1) is 0 Å². The molecule has 9 heteroatoms. The topological polar surface area (TPSA) is 69.8 Å². The summed E-state index contributed by atoms with van der Waals surface area (Å²) >= 11 is 16.7. The summed E-state index contributed by atoms with van der Waals surface area (Å²) in [5, 5.41) is 2.69. The number of hydrogen-bond donors (Lipinski definition) is 0. The van der Waals surface area contributed by atoms with Crippen molar-refractivity contribution >= 4 is 67.6 Å². The Bertz CT molecular complexity index is 1270. The lowest BCUT2D eigenvalue weighted by molar-refractivity contribution is -0.109. The van der Waals surface area contributed by atoms with Crippen LogP contribution in [-0.4, -0.2) is 30.1 Å². The standard InChI is InChI=1S/C12H13ClN2O.C10H11ClN2.C2H3ClO/c1-7(2)15-6-10(8(3)16)9-4-5-14-12(13)11(9)15;1-7(2)13-6-4-8-3-5-12-10(11)9(8)13;1-2(3)4/h4-7H,1-3H3;3-7H,1-2H3;1H3. The van der Waals surface area contributed by atoms with Crippen molar-refractivity contribution in [1.29, 1.82) is 0 Å².